The van der Waals surface area contributed by atoms with Crippen LogP contribution in [0.25, 0.3) is 11.4 Å². The van der Waals surface area contributed by atoms with Crippen molar-refractivity contribution in [2.45, 2.75) is 13.5 Å². The number of methoxy groups -OCH3 is 1. The van der Waals surface area contributed by atoms with Crippen LogP contribution in [0.5, 0.6) is 5.75 Å². The molecule has 24 heavy (non-hydrogen) atoms. The molecule has 0 aliphatic carbocycles. The number of nitrogens with one attached hydrogen (secondary N) is 3. The molecular weight excluding hydrogens is 330 g/mol. The maximum atomic E-state index is 12.0. The number of hydrogen-bond acceptors (Lipinski definition) is 5. The molecule has 1 heterocycles. The quantitative estimate of drug-likeness (QED) is 0.644. The molecule has 0 unspecified atom stereocenters. The van der Waals surface area contributed by atoms with Gasteiger partial charge in [0.05, 0.1) is 13.7 Å². The lowest BCUT2D eigenvalue weighted by Crippen LogP contribution is -2.38. The normalized spacial score (nSPS) is 10.2. The third-order valence-corrected chi connectivity index (χ3v) is 3.54. The molecule has 0 saturated heterocycles. The third-order valence-electron chi connectivity index (χ3n) is 3.23. The number of likely N-dealkylation sites (N-methyl/N-ethyl adjacent to an activating group) is 1. The lowest BCUT2D eigenvalue weighted by atomic mass is 10.2. The highest BCUT2D eigenvalue weighted by molar-refractivity contribution is 7.71. The van der Waals surface area contributed by atoms with Gasteiger partial charge < -0.3 is 15.4 Å². The van der Waals surface area contributed by atoms with Crippen LogP contribution in [0.4, 0.5) is 0 Å². The van der Waals surface area contributed by atoms with Crippen LogP contribution in [0.1, 0.15) is 6.92 Å². The van der Waals surface area contributed by atoms with Crippen molar-refractivity contribution in [2.75, 3.05) is 20.2 Å². The van der Waals surface area contributed by atoms with Crippen molar-refractivity contribution in [3.05, 3.63) is 29.0 Å². The smallest absolute Gasteiger partial charge is 0.240 e. The minimum absolute atomic E-state index is 0.0316. The number of aromatic amines is 1. The maximum Gasteiger partial charge on any atom is 0.240 e. The van der Waals surface area contributed by atoms with E-state index in [0.717, 1.165) is 11.3 Å². The largest absolute Gasteiger partial charge is 0.497 e. The molecule has 0 bridgehead atoms. The van der Waals surface area contributed by atoms with Gasteiger partial charge in [0.25, 0.3) is 0 Å². The van der Waals surface area contributed by atoms with Gasteiger partial charge in [0.15, 0.2) is 10.6 Å². The molecule has 2 amide bonds. The molecule has 0 fully saturated rings. The van der Waals surface area contributed by atoms with Gasteiger partial charge in [-0.3, -0.25) is 19.3 Å². The molecule has 3 N–H and O–H groups in total. The number of amides is 2. The second kappa shape index (κ2) is 8.25. The monoisotopic (exact) mass is 349 g/mol. The zero-order valence-electron chi connectivity index (χ0n) is 13.5. The van der Waals surface area contributed by atoms with E-state index in [1.807, 2.05) is 19.1 Å². The molecule has 1 aromatic carbocycles. The zero-order valence-corrected chi connectivity index (χ0v) is 14.3. The van der Waals surface area contributed by atoms with Gasteiger partial charge in [0.2, 0.25) is 11.8 Å². The van der Waals surface area contributed by atoms with Gasteiger partial charge in [-0.2, -0.15) is 5.10 Å². The molecule has 0 saturated carbocycles. The van der Waals surface area contributed by atoms with E-state index in [0.29, 0.717) is 17.1 Å². The summed E-state index contributed by atoms with van der Waals surface area (Å²) in [6.45, 7) is 2.22. The molecule has 8 nitrogen and oxygen atoms in total. The highest BCUT2D eigenvalue weighted by atomic mass is 32.1. The summed E-state index contributed by atoms with van der Waals surface area (Å²) in [6, 6.07) is 7.25. The number of rotatable bonds is 7. The number of benzene rings is 1. The van der Waals surface area contributed by atoms with E-state index in [1.165, 1.54) is 0 Å². The Morgan fingerprint density at radius 3 is 2.58 bits per heavy atom. The molecule has 1 aromatic heterocycles. The summed E-state index contributed by atoms with van der Waals surface area (Å²) in [5.41, 5.74) is 0.791. The SMILES string of the molecule is CCNC(=O)CNC(=O)Cn1c(-c2ccc(OC)cc2)n[nH]c1=S. The van der Waals surface area contributed by atoms with E-state index in [9.17, 15) is 9.59 Å². The molecular formula is C15H19N5O3S. The van der Waals surface area contributed by atoms with Crippen molar-refractivity contribution in [3.63, 3.8) is 0 Å². The Kier molecular flexibility index (Phi) is 6.07. The molecule has 2 rings (SSSR count). The van der Waals surface area contributed by atoms with Crippen molar-refractivity contribution in [1.29, 1.82) is 0 Å². The topological polar surface area (TPSA) is 101 Å². The zero-order chi connectivity index (χ0) is 17.5. The Balaban J connectivity index is 2.10. The fourth-order valence-corrected chi connectivity index (χ4v) is 2.26. The van der Waals surface area contributed by atoms with Crippen molar-refractivity contribution >= 4 is 24.0 Å². The number of hydrogen-bond donors (Lipinski definition) is 3. The van der Waals surface area contributed by atoms with Gasteiger partial charge in [-0.25, -0.2) is 0 Å². The Morgan fingerprint density at radius 2 is 1.96 bits per heavy atom. The summed E-state index contributed by atoms with van der Waals surface area (Å²) >= 11 is 5.18. The van der Waals surface area contributed by atoms with Crippen molar-refractivity contribution in [2.24, 2.45) is 0 Å². The van der Waals surface area contributed by atoms with E-state index in [1.54, 1.807) is 23.8 Å². The Bertz CT molecular complexity index is 766. The van der Waals surface area contributed by atoms with Gasteiger partial charge >= 0.3 is 0 Å². The molecule has 0 aliphatic rings. The number of H-pyrrole nitrogens is 1. The maximum absolute atomic E-state index is 12.0. The van der Waals surface area contributed by atoms with Gasteiger partial charge in [-0.15, -0.1) is 0 Å². The van der Waals surface area contributed by atoms with Gasteiger partial charge in [-0.1, -0.05) is 0 Å². The summed E-state index contributed by atoms with van der Waals surface area (Å²) in [6.07, 6.45) is 0. The minimum atomic E-state index is -0.325. The summed E-state index contributed by atoms with van der Waals surface area (Å²) in [5, 5.41) is 12.0. The lowest BCUT2D eigenvalue weighted by Gasteiger charge is -2.08. The Hall–Kier alpha value is -2.68. The first-order valence-corrected chi connectivity index (χ1v) is 7.79. The lowest BCUT2D eigenvalue weighted by molar-refractivity contribution is -0.126. The number of ether oxygens (including phenoxy) is 1. The molecule has 0 atom stereocenters. The predicted octanol–water partition coefficient (Wildman–Crippen LogP) is 0.869. The van der Waals surface area contributed by atoms with Crippen LogP contribution in [-0.4, -0.2) is 46.8 Å². The average Bonchev–Trinajstić information content (AvgIpc) is 2.94. The minimum Gasteiger partial charge on any atom is -0.497 e. The van der Waals surface area contributed by atoms with E-state index >= 15 is 0 Å². The van der Waals surface area contributed by atoms with Crippen molar-refractivity contribution < 1.29 is 14.3 Å². The molecule has 2 aromatic rings. The first-order chi connectivity index (χ1) is 11.5. The van der Waals surface area contributed by atoms with E-state index < -0.39 is 0 Å². The first-order valence-electron chi connectivity index (χ1n) is 7.38. The van der Waals surface area contributed by atoms with E-state index in [4.69, 9.17) is 17.0 Å². The summed E-state index contributed by atoms with van der Waals surface area (Å²) in [5.74, 6) is 0.695. The first kappa shape index (κ1) is 17.7. The molecule has 0 aliphatic heterocycles. The number of carbonyl (C=O) groups is 2. The van der Waals surface area contributed by atoms with Crippen molar-refractivity contribution in [3.8, 4) is 17.1 Å². The third kappa shape index (κ3) is 4.42. The van der Waals surface area contributed by atoms with Gasteiger partial charge in [-0.05, 0) is 43.4 Å². The average molecular weight is 349 g/mol. The van der Waals surface area contributed by atoms with E-state index in [2.05, 4.69) is 20.8 Å². The number of aromatic nitrogens is 3. The fourth-order valence-electron chi connectivity index (χ4n) is 2.06. The van der Waals surface area contributed by atoms with Gasteiger partial charge in [0, 0.05) is 12.1 Å². The molecule has 9 heteroatoms. The van der Waals surface area contributed by atoms with Crippen LogP contribution < -0.4 is 15.4 Å². The van der Waals surface area contributed by atoms with Crippen LogP contribution in [-0.2, 0) is 16.1 Å². The molecule has 0 spiro atoms. The van der Waals surface area contributed by atoms with Crippen molar-refractivity contribution in [1.82, 2.24) is 25.4 Å². The van der Waals surface area contributed by atoms with E-state index in [-0.39, 0.29) is 24.9 Å². The van der Waals surface area contributed by atoms with Crippen LogP contribution in [0.2, 0.25) is 0 Å². The summed E-state index contributed by atoms with van der Waals surface area (Å²) in [7, 11) is 1.59. The van der Waals surface area contributed by atoms with Crippen LogP contribution in [0.3, 0.4) is 0 Å². The summed E-state index contributed by atoms with van der Waals surface area (Å²) < 4.78 is 7.02. The van der Waals surface area contributed by atoms with Crippen LogP contribution in [0.15, 0.2) is 24.3 Å². The fraction of sp³-hybridized carbons (Fsp3) is 0.333. The van der Waals surface area contributed by atoms with Crippen LogP contribution >= 0.6 is 12.2 Å². The highest BCUT2D eigenvalue weighted by Crippen LogP contribution is 2.20. The standard InChI is InChI=1S/C15H19N5O3S/c1-3-16-12(21)8-17-13(22)9-20-14(18-19-15(20)24)10-4-6-11(23-2)7-5-10/h4-7H,3,8-9H2,1-2H3,(H,16,21)(H,17,22)(H,19,24). The number of nitrogens with zero attached hydrogens (tertiary/aromatic N) is 2. The summed E-state index contributed by atoms with van der Waals surface area (Å²) in [4.78, 5) is 23.4. The second-order valence-corrected chi connectivity index (χ2v) is 5.28. The Morgan fingerprint density at radius 1 is 1.25 bits per heavy atom. The van der Waals surface area contributed by atoms with Gasteiger partial charge in [0.1, 0.15) is 12.3 Å². The molecule has 0 radical (unpaired) electrons. The molecule has 128 valence electrons. The predicted molar refractivity (Wildman–Crippen MR) is 91.1 cm³/mol. The number of carbonyl (C=O) groups excluding carboxylic acids is 2. The van der Waals surface area contributed by atoms with Crippen LogP contribution in [0, 0.1) is 4.77 Å². The Labute approximate surface area is 144 Å². The second-order valence-electron chi connectivity index (χ2n) is 4.90. The highest BCUT2D eigenvalue weighted by Gasteiger charge is 2.13.